The minimum atomic E-state index is -3.28. The molecule has 1 saturated heterocycles. The van der Waals surface area contributed by atoms with E-state index in [-0.39, 0.29) is 10.9 Å². The van der Waals surface area contributed by atoms with E-state index >= 15 is 0 Å². The van der Waals surface area contributed by atoms with Gasteiger partial charge in [0.2, 0.25) is 5.95 Å². The van der Waals surface area contributed by atoms with Gasteiger partial charge in [-0.1, -0.05) is 17.7 Å². The summed E-state index contributed by atoms with van der Waals surface area (Å²) < 4.78 is 23.5. The standard InChI is InChI=1S/C28H31ClN6O2S/c1-19-15-21(5-4-11-30)16-20(2)27(19)33-26-8-12-31-28(34-26)32-23-9-13-35(14-10-23)18-22-6-7-24(17-25(22)29)38(3,36)37/h4-8,12,15-17,23H,9-10,13-14,18H2,1-3H3,(H2,31,32,33,34). The van der Waals surface area contributed by atoms with Crippen LogP contribution in [0.1, 0.15) is 35.1 Å². The van der Waals surface area contributed by atoms with E-state index in [4.69, 9.17) is 16.9 Å². The number of piperidine rings is 1. The van der Waals surface area contributed by atoms with Gasteiger partial charge in [0.15, 0.2) is 9.84 Å². The van der Waals surface area contributed by atoms with Crippen LogP contribution in [-0.4, -0.2) is 48.7 Å². The highest BCUT2D eigenvalue weighted by Gasteiger charge is 2.21. The molecule has 2 N–H and O–H groups in total. The van der Waals surface area contributed by atoms with E-state index in [0.29, 0.717) is 23.3 Å². The van der Waals surface area contributed by atoms with E-state index in [9.17, 15) is 8.42 Å². The summed E-state index contributed by atoms with van der Waals surface area (Å²) in [5, 5.41) is 16.1. The monoisotopic (exact) mass is 550 g/mol. The average Bonchev–Trinajstić information content (AvgIpc) is 2.87. The zero-order valence-electron chi connectivity index (χ0n) is 21.7. The van der Waals surface area contributed by atoms with Gasteiger partial charge in [0, 0.05) is 54.9 Å². The number of rotatable bonds is 8. The molecular weight excluding hydrogens is 520 g/mol. The van der Waals surface area contributed by atoms with Crippen molar-refractivity contribution in [1.82, 2.24) is 14.9 Å². The van der Waals surface area contributed by atoms with Crippen LogP contribution < -0.4 is 10.6 Å². The van der Waals surface area contributed by atoms with Crippen LogP contribution in [-0.2, 0) is 16.4 Å². The fourth-order valence-electron chi connectivity index (χ4n) is 4.60. The predicted molar refractivity (Wildman–Crippen MR) is 152 cm³/mol. The molecule has 0 atom stereocenters. The molecule has 1 aliphatic rings. The highest BCUT2D eigenvalue weighted by atomic mass is 35.5. The summed E-state index contributed by atoms with van der Waals surface area (Å²) in [5.74, 6) is 1.29. The molecule has 0 aliphatic carbocycles. The van der Waals surface area contributed by atoms with Crippen LogP contribution in [0.5, 0.6) is 0 Å². The second-order valence-corrected chi connectivity index (χ2v) is 12.0. The number of hydrogen-bond donors (Lipinski definition) is 2. The SMILES string of the molecule is Cc1cc(C=CC#N)cc(C)c1Nc1ccnc(NC2CCN(Cc3ccc(S(C)(=O)=O)cc3Cl)CC2)n1. The van der Waals surface area contributed by atoms with E-state index < -0.39 is 9.84 Å². The van der Waals surface area contributed by atoms with Gasteiger partial charge < -0.3 is 10.6 Å². The number of anilines is 3. The van der Waals surface area contributed by atoms with Crippen molar-refractivity contribution in [3.8, 4) is 6.07 Å². The molecule has 0 bridgehead atoms. The van der Waals surface area contributed by atoms with Crippen molar-refractivity contribution in [1.29, 1.82) is 5.26 Å². The summed E-state index contributed by atoms with van der Waals surface area (Å²) in [6.45, 7) is 6.49. The Morgan fingerprint density at radius 3 is 2.50 bits per heavy atom. The summed E-state index contributed by atoms with van der Waals surface area (Å²) >= 11 is 6.37. The van der Waals surface area contributed by atoms with Crippen molar-refractivity contribution in [2.45, 2.75) is 44.2 Å². The molecule has 0 spiro atoms. The first kappa shape index (κ1) is 27.6. The van der Waals surface area contributed by atoms with Gasteiger partial charge in [-0.2, -0.15) is 10.2 Å². The van der Waals surface area contributed by atoms with Crippen molar-refractivity contribution in [2.24, 2.45) is 0 Å². The number of hydrogen-bond acceptors (Lipinski definition) is 8. The number of nitriles is 1. The molecule has 2 heterocycles. The minimum Gasteiger partial charge on any atom is -0.351 e. The normalized spacial score (nSPS) is 14.9. The second-order valence-electron chi connectivity index (χ2n) is 9.60. The summed E-state index contributed by atoms with van der Waals surface area (Å²) in [5.41, 5.74) is 5.02. The first-order chi connectivity index (χ1) is 18.1. The number of likely N-dealkylation sites (tertiary alicyclic amines) is 1. The first-order valence-corrected chi connectivity index (χ1v) is 14.6. The Kier molecular flexibility index (Phi) is 8.67. The number of aromatic nitrogens is 2. The van der Waals surface area contributed by atoms with Crippen LogP contribution in [0, 0.1) is 25.2 Å². The second kappa shape index (κ2) is 11.9. The molecular formula is C28H31ClN6O2S. The average molecular weight is 551 g/mol. The third-order valence-electron chi connectivity index (χ3n) is 6.58. The van der Waals surface area contributed by atoms with Gasteiger partial charge in [-0.3, -0.25) is 4.90 Å². The minimum absolute atomic E-state index is 0.237. The zero-order valence-corrected chi connectivity index (χ0v) is 23.3. The largest absolute Gasteiger partial charge is 0.351 e. The fourth-order valence-corrected chi connectivity index (χ4v) is 5.55. The molecule has 4 rings (SSSR count). The lowest BCUT2D eigenvalue weighted by Crippen LogP contribution is -2.39. The van der Waals surface area contributed by atoms with Crippen molar-refractivity contribution in [2.75, 3.05) is 30.0 Å². The molecule has 1 fully saturated rings. The van der Waals surface area contributed by atoms with Crippen LogP contribution in [0.15, 0.2) is 53.6 Å². The molecule has 38 heavy (non-hydrogen) atoms. The number of sulfone groups is 1. The van der Waals surface area contributed by atoms with E-state index in [1.54, 1.807) is 24.4 Å². The van der Waals surface area contributed by atoms with E-state index in [1.165, 1.54) is 18.4 Å². The molecule has 2 aromatic carbocycles. The van der Waals surface area contributed by atoms with Gasteiger partial charge in [-0.25, -0.2) is 13.4 Å². The van der Waals surface area contributed by atoms with Gasteiger partial charge in [0.1, 0.15) is 5.82 Å². The van der Waals surface area contributed by atoms with Crippen molar-refractivity contribution >= 4 is 45.0 Å². The first-order valence-electron chi connectivity index (χ1n) is 12.4. The van der Waals surface area contributed by atoms with Gasteiger partial charge in [0.05, 0.1) is 11.0 Å². The summed E-state index contributed by atoms with van der Waals surface area (Å²) in [4.78, 5) is 11.6. The Morgan fingerprint density at radius 1 is 1.16 bits per heavy atom. The maximum atomic E-state index is 11.8. The molecule has 0 saturated carbocycles. The highest BCUT2D eigenvalue weighted by Crippen LogP contribution is 2.27. The van der Waals surface area contributed by atoms with Crippen LogP contribution in [0.2, 0.25) is 5.02 Å². The Labute approximate surface area is 229 Å². The Bertz CT molecular complexity index is 1470. The predicted octanol–water partition coefficient (Wildman–Crippen LogP) is 5.51. The molecule has 198 valence electrons. The molecule has 10 heteroatoms. The molecule has 0 amide bonds. The van der Waals surface area contributed by atoms with Crippen LogP contribution in [0.4, 0.5) is 17.5 Å². The van der Waals surface area contributed by atoms with E-state index in [2.05, 4.69) is 25.5 Å². The van der Waals surface area contributed by atoms with E-state index in [0.717, 1.165) is 53.9 Å². The number of halogens is 1. The molecule has 3 aromatic rings. The fraction of sp³-hybridized carbons (Fsp3) is 0.321. The lowest BCUT2D eigenvalue weighted by molar-refractivity contribution is 0.211. The summed E-state index contributed by atoms with van der Waals surface area (Å²) in [7, 11) is -3.28. The zero-order chi connectivity index (χ0) is 27.3. The topological polar surface area (TPSA) is 111 Å². The van der Waals surface area contributed by atoms with E-state index in [1.807, 2.05) is 38.1 Å². The maximum Gasteiger partial charge on any atom is 0.224 e. The molecule has 1 aliphatic heterocycles. The smallest absolute Gasteiger partial charge is 0.224 e. The summed E-state index contributed by atoms with van der Waals surface area (Å²) in [6.07, 6.45) is 8.05. The number of benzene rings is 2. The lowest BCUT2D eigenvalue weighted by Gasteiger charge is -2.32. The Hall–Kier alpha value is -3.45. The van der Waals surface area contributed by atoms with Crippen LogP contribution in [0.25, 0.3) is 6.08 Å². The van der Waals surface area contributed by atoms with Crippen molar-refractivity contribution in [3.05, 3.63) is 75.9 Å². The number of nitrogens with one attached hydrogen (secondary N) is 2. The molecule has 0 unspecified atom stereocenters. The number of allylic oxidation sites excluding steroid dienone is 1. The third-order valence-corrected chi connectivity index (χ3v) is 8.04. The van der Waals surface area contributed by atoms with Gasteiger partial charge in [0.25, 0.3) is 0 Å². The quantitative estimate of drug-likeness (QED) is 0.353. The molecule has 0 radical (unpaired) electrons. The van der Waals surface area contributed by atoms with Crippen molar-refractivity contribution in [3.63, 3.8) is 0 Å². The highest BCUT2D eigenvalue weighted by molar-refractivity contribution is 7.90. The van der Waals surface area contributed by atoms with Crippen molar-refractivity contribution < 1.29 is 8.42 Å². The number of nitrogens with zero attached hydrogens (tertiary/aromatic N) is 4. The van der Waals surface area contributed by atoms with Crippen LogP contribution >= 0.6 is 11.6 Å². The summed E-state index contributed by atoms with van der Waals surface area (Å²) in [6, 6.07) is 13.1. The van der Waals surface area contributed by atoms with Gasteiger partial charge in [-0.05, 0) is 85.4 Å². The Morgan fingerprint density at radius 2 is 1.87 bits per heavy atom. The van der Waals surface area contributed by atoms with Gasteiger partial charge >= 0.3 is 0 Å². The lowest BCUT2D eigenvalue weighted by atomic mass is 10.0. The molecule has 8 nitrogen and oxygen atoms in total. The number of aryl methyl sites for hydroxylation is 2. The maximum absolute atomic E-state index is 11.8. The van der Waals surface area contributed by atoms with Crippen LogP contribution in [0.3, 0.4) is 0 Å². The molecule has 1 aromatic heterocycles. The Balaban J connectivity index is 1.34. The third kappa shape index (κ3) is 7.10. The van der Waals surface area contributed by atoms with Gasteiger partial charge in [-0.15, -0.1) is 0 Å².